The van der Waals surface area contributed by atoms with Crippen molar-refractivity contribution in [3.63, 3.8) is 0 Å². The minimum atomic E-state index is -0.00824. The van der Waals surface area contributed by atoms with E-state index in [4.69, 9.17) is 11.6 Å². The Hall–Kier alpha value is -0.670. The van der Waals surface area contributed by atoms with Gasteiger partial charge >= 0.3 is 0 Å². The van der Waals surface area contributed by atoms with Gasteiger partial charge in [0.15, 0.2) is 0 Å². The first kappa shape index (κ1) is 13.8. The highest BCUT2D eigenvalue weighted by molar-refractivity contribution is 7.99. The molecule has 0 bridgehead atoms. The number of nitrogens with one attached hydrogen (secondary N) is 1. The second-order valence-electron chi connectivity index (χ2n) is 4.51. The molecular weight excluding hydrogens is 266 g/mol. The molecule has 0 unspecified atom stereocenters. The molecule has 0 aliphatic heterocycles. The van der Waals surface area contributed by atoms with Gasteiger partial charge in [0.1, 0.15) is 0 Å². The van der Waals surface area contributed by atoms with E-state index in [-0.39, 0.29) is 5.91 Å². The fraction of sp³-hybridized carbons (Fsp3) is 0.500. The number of benzene rings is 1. The van der Waals surface area contributed by atoms with Gasteiger partial charge in [-0.05, 0) is 36.8 Å². The van der Waals surface area contributed by atoms with Crippen LogP contribution in [-0.2, 0) is 0 Å². The van der Waals surface area contributed by atoms with Crippen molar-refractivity contribution < 1.29 is 4.79 Å². The Morgan fingerprint density at radius 1 is 1.50 bits per heavy atom. The highest BCUT2D eigenvalue weighted by Gasteiger charge is 2.28. The Kier molecular flexibility index (Phi) is 4.95. The predicted octanol–water partition coefficient (Wildman–Crippen LogP) is 3.74. The van der Waals surface area contributed by atoms with Gasteiger partial charge in [-0.3, -0.25) is 4.79 Å². The average Bonchev–Trinajstić information content (AvgIpc) is 2.77. The summed E-state index contributed by atoms with van der Waals surface area (Å²) in [4.78, 5) is 12.1. The van der Waals surface area contributed by atoms with Crippen molar-refractivity contribution in [2.24, 2.45) is 0 Å². The van der Waals surface area contributed by atoms with Crippen molar-refractivity contribution in [1.29, 1.82) is 0 Å². The molecule has 0 aromatic heterocycles. The van der Waals surface area contributed by atoms with Crippen molar-refractivity contribution in [3.8, 4) is 0 Å². The number of rotatable bonds is 4. The van der Waals surface area contributed by atoms with Crippen molar-refractivity contribution in [3.05, 3.63) is 34.9 Å². The summed E-state index contributed by atoms with van der Waals surface area (Å²) in [6.07, 6.45) is 3.50. The topological polar surface area (TPSA) is 29.1 Å². The van der Waals surface area contributed by atoms with Crippen LogP contribution in [0, 0.1) is 0 Å². The number of amides is 1. The smallest absolute Gasteiger partial charge is 0.251 e. The molecule has 0 heterocycles. The SMILES string of the molecule is CCS[C@H]1CCC[C@@H]1NC(=O)c1cccc(Cl)c1. The Labute approximate surface area is 117 Å². The van der Waals surface area contributed by atoms with E-state index >= 15 is 0 Å². The molecule has 0 saturated heterocycles. The molecule has 1 N–H and O–H groups in total. The highest BCUT2D eigenvalue weighted by Crippen LogP contribution is 2.30. The molecule has 1 aliphatic carbocycles. The van der Waals surface area contributed by atoms with Crippen LogP contribution in [0.1, 0.15) is 36.5 Å². The van der Waals surface area contributed by atoms with Crippen LogP contribution < -0.4 is 5.32 Å². The molecule has 18 heavy (non-hydrogen) atoms. The molecule has 1 amide bonds. The van der Waals surface area contributed by atoms with Crippen molar-refractivity contribution in [1.82, 2.24) is 5.32 Å². The van der Waals surface area contributed by atoms with Crippen LogP contribution in [0.5, 0.6) is 0 Å². The van der Waals surface area contributed by atoms with E-state index < -0.39 is 0 Å². The van der Waals surface area contributed by atoms with E-state index in [2.05, 4.69) is 12.2 Å². The average molecular weight is 284 g/mol. The Morgan fingerprint density at radius 3 is 3.06 bits per heavy atom. The third-order valence-corrected chi connectivity index (χ3v) is 4.80. The van der Waals surface area contributed by atoms with E-state index in [1.54, 1.807) is 18.2 Å². The molecule has 0 spiro atoms. The second kappa shape index (κ2) is 6.48. The lowest BCUT2D eigenvalue weighted by molar-refractivity contribution is 0.0938. The van der Waals surface area contributed by atoms with Gasteiger partial charge in [-0.2, -0.15) is 11.8 Å². The third kappa shape index (κ3) is 3.42. The summed E-state index contributed by atoms with van der Waals surface area (Å²) in [5, 5.41) is 4.31. The fourth-order valence-electron chi connectivity index (χ4n) is 2.39. The van der Waals surface area contributed by atoms with Crippen LogP contribution >= 0.6 is 23.4 Å². The van der Waals surface area contributed by atoms with Crippen molar-refractivity contribution >= 4 is 29.3 Å². The maximum Gasteiger partial charge on any atom is 0.251 e. The van der Waals surface area contributed by atoms with Crippen LogP contribution in [0.3, 0.4) is 0 Å². The van der Waals surface area contributed by atoms with E-state index in [9.17, 15) is 4.79 Å². The molecule has 4 heteroatoms. The standard InChI is InChI=1S/C14H18ClNOS/c1-2-18-13-8-4-7-12(13)16-14(17)10-5-3-6-11(15)9-10/h3,5-6,9,12-13H,2,4,7-8H2,1H3,(H,16,17)/t12-,13-/m0/s1. The molecule has 1 aliphatic rings. The van der Waals surface area contributed by atoms with Crippen LogP contribution in [0.4, 0.5) is 0 Å². The maximum absolute atomic E-state index is 12.1. The number of hydrogen-bond acceptors (Lipinski definition) is 2. The lowest BCUT2D eigenvalue weighted by Crippen LogP contribution is -2.38. The summed E-state index contributed by atoms with van der Waals surface area (Å²) in [7, 11) is 0. The largest absolute Gasteiger partial charge is 0.348 e. The van der Waals surface area contributed by atoms with Gasteiger partial charge in [0, 0.05) is 21.9 Å². The minimum Gasteiger partial charge on any atom is -0.348 e. The number of hydrogen-bond donors (Lipinski definition) is 1. The summed E-state index contributed by atoms with van der Waals surface area (Å²) in [5.41, 5.74) is 0.648. The van der Waals surface area contributed by atoms with Gasteiger partial charge in [-0.1, -0.05) is 31.0 Å². The normalized spacial score (nSPS) is 23.0. The van der Waals surface area contributed by atoms with Crippen LogP contribution in [0.15, 0.2) is 24.3 Å². The van der Waals surface area contributed by atoms with Crippen LogP contribution in [-0.4, -0.2) is 23.0 Å². The fourth-order valence-corrected chi connectivity index (χ4v) is 3.77. The number of halogens is 1. The third-order valence-electron chi connectivity index (χ3n) is 3.24. The zero-order chi connectivity index (χ0) is 13.0. The second-order valence-corrected chi connectivity index (χ2v) is 6.47. The van der Waals surface area contributed by atoms with Gasteiger partial charge in [0.25, 0.3) is 5.91 Å². The lowest BCUT2D eigenvalue weighted by Gasteiger charge is -2.20. The number of carbonyl (C=O) groups excluding carboxylic acids is 1. The molecule has 2 atom stereocenters. The van der Waals surface area contributed by atoms with Crippen molar-refractivity contribution in [2.45, 2.75) is 37.5 Å². The van der Waals surface area contributed by atoms with E-state index in [1.165, 1.54) is 12.8 Å². The monoisotopic (exact) mass is 283 g/mol. The van der Waals surface area contributed by atoms with Gasteiger partial charge in [0.05, 0.1) is 0 Å². The highest BCUT2D eigenvalue weighted by atomic mass is 35.5. The summed E-state index contributed by atoms with van der Waals surface area (Å²) in [6, 6.07) is 7.42. The van der Waals surface area contributed by atoms with Gasteiger partial charge in [-0.15, -0.1) is 0 Å². The molecule has 1 aromatic carbocycles. The number of carbonyl (C=O) groups is 1. The van der Waals surface area contributed by atoms with E-state index in [0.29, 0.717) is 21.9 Å². The molecule has 1 fully saturated rings. The summed E-state index contributed by atoms with van der Waals surface area (Å²) in [5.74, 6) is 1.10. The molecule has 0 radical (unpaired) electrons. The zero-order valence-corrected chi connectivity index (χ0v) is 12.1. The van der Waals surface area contributed by atoms with E-state index in [0.717, 1.165) is 12.2 Å². The molecular formula is C14H18ClNOS. The van der Waals surface area contributed by atoms with E-state index in [1.807, 2.05) is 17.8 Å². The molecule has 1 aromatic rings. The number of thioether (sulfide) groups is 1. The summed E-state index contributed by atoms with van der Waals surface area (Å²) >= 11 is 7.85. The van der Waals surface area contributed by atoms with Crippen molar-refractivity contribution in [2.75, 3.05) is 5.75 Å². The van der Waals surface area contributed by atoms with Gasteiger partial charge in [-0.25, -0.2) is 0 Å². The Morgan fingerprint density at radius 2 is 2.33 bits per heavy atom. The molecule has 98 valence electrons. The van der Waals surface area contributed by atoms with Crippen LogP contribution in [0.2, 0.25) is 5.02 Å². The Bertz CT molecular complexity index is 424. The minimum absolute atomic E-state index is 0.00824. The summed E-state index contributed by atoms with van der Waals surface area (Å²) in [6.45, 7) is 2.17. The molecule has 1 saturated carbocycles. The molecule has 2 rings (SSSR count). The molecule has 2 nitrogen and oxygen atoms in total. The van der Waals surface area contributed by atoms with Gasteiger partial charge in [0.2, 0.25) is 0 Å². The van der Waals surface area contributed by atoms with Gasteiger partial charge < -0.3 is 5.32 Å². The first-order valence-corrected chi connectivity index (χ1v) is 7.81. The zero-order valence-electron chi connectivity index (χ0n) is 10.5. The Balaban J connectivity index is 1.98. The summed E-state index contributed by atoms with van der Waals surface area (Å²) < 4.78 is 0. The van der Waals surface area contributed by atoms with Crippen LogP contribution in [0.25, 0.3) is 0 Å². The first-order chi connectivity index (χ1) is 8.70. The first-order valence-electron chi connectivity index (χ1n) is 6.38. The predicted molar refractivity (Wildman–Crippen MR) is 78.5 cm³/mol. The lowest BCUT2D eigenvalue weighted by atomic mass is 10.2. The maximum atomic E-state index is 12.1. The quantitative estimate of drug-likeness (QED) is 0.912.